The molecular weight excluding hydrogens is 537 g/mol. The van der Waals surface area contributed by atoms with E-state index >= 15 is 0 Å². The number of carbonyl (C=O) groups is 2. The van der Waals surface area contributed by atoms with Crippen LogP contribution in [0.5, 0.6) is 0 Å². The lowest BCUT2D eigenvalue weighted by molar-refractivity contribution is -0.709. The Morgan fingerprint density at radius 3 is 2.29 bits per heavy atom. The zero-order valence-electron chi connectivity index (χ0n) is 21.6. The van der Waals surface area contributed by atoms with E-state index in [0.717, 1.165) is 20.3 Å². The van der Waals surface area contributed by atoms with E-state index in [2.05, 4.69) is 65.2 Å². The molecule has 3 atom stereocenters. The second-order valence-electron chi connectivity index (χ2n) is 9.10. The van der Waals surface area contributed by atoms with E-state index in [1.807, 2.05) is 30.3 Å². The van der Waals surface area contributed by atoms with Crippen LogP contribution < -0.4 is 20.3 Å². The van der Waals surface area contributed by atoms with Gasteiger partial charge in [0.25, 0.3) is 0 Å². The van der Waals surface area contributed by atoms with Crippen LogP contribution in [0.4, 0.5) is 0 Å². The van der Waals surface area contributed by atoms with Gasteiger partial charge in [-0.15, -0.1) is 11.8 Å². The van der Waals surface area contributed by atoms with E-state index in [1.54, 1.807) is 18.7 Å². The summed E-state index contributed by atoms with van der Waals surface area (Å²) in [5, 5.41) is 25.2. The molecule has 2 aromatic carbocycles. The fraction of sp³-hybridized carbons (Fsp3) is 0.321. The number of thioether (sulfide) groups is 2. The van der Waals surface area contributed by atoms with Crippen molar-refractivity contribution in [1.82, 2.24) is 9.47 Å². The first kappa shape index (κ1) is 28.4. The molecule has 0 unspecified atom stereocenters. The molecule has 0 bridgehead atoms. The maximum atomic E-state index is 12.1. The van der Waals surface area contributed by atoms with Crippen LogP contribution in [0.25, 0.3) is 0 Å². The van der Waals surface area contributed by atoms with E-state index in [4.69, 9.17) is 0 Å². The minimum absolute atomic E-state index is 0.0138. The third kappa shape index (κ3) is 6.34. The van der Waals surface area contributed by atoms with E-state index in [9.17, 15) is 19.8 Å². The summed E-state index contributed by atoms with van der Waals surface area (Å²) < 4.78 is 4.15. The molecule has 0 aliphatic carbocycles. The smallest absolute Gasteiger partial charge is 0.317 e. The van der Waals surface area contributed by atoms with Gasteiger partial charge in [0.15, 0.2) is 0 Å². The predicted octanol–water partition coefficient (Wildman–Crippen LogP) is 1.66. The van der Waals surface area contributed by atoms with Crippen molar-refractivity contribution in [2.75, 3.05) is 12.0 Å². The molecule has 1 aromatic heterocycles. The monoisotopic (exact) mass is 569 g/mol. The molecule has 3 heterocycles. The molecule has 1 fully saturated rings. The Hall–Kier alpha value is -2.58. The van der Waals surface area contributed by atoms with Crippen LogP contribution in [0.2, 0.25) is 0 Å². The van der Waals surface area contributed by atoms with Gasteiger partial charge >= 0.3 is 5.16 Å². The van der Waals surface area contributed by atoms with Crippen LogP contribution in [0, 0.1) is 5.92 Å². The topological polar surface area (TPSA) is 89.5 Å². The van der Waals surface area contributed by atoms with Gasteiger partial charge in [-0.25, -0.2) is 9.13 Å². The zero-order chi connectivity index (χ0) is 27.2. The van der Waals surface area contributed by atoms with Gasteiger partial charge in [0.05, 0.1) is 36.8 Å². The summed E-state index contributed by atoms with van der Waals surface area (Å²) in [7, 11) is 2.76. The molecule has 5 rings (SSSR count). The normalized spacial score (nSPS) is 18.9. The van der Waals surface area contributed by atoms with Crippen molar-refractivity contribution in [2.24, 2.45) is 13.0 Å². The molecule has 0 saturated carbocycles. The number of carboxylic acid groups (broad SMARTS) is 1. The lowest BCUT2D eigenvalue weighted by Gasteiger charge is -2.45. The average Bonchev–Trinajstić information content (AvgIpc) is 3.42. The van der Waals surface area contributed by atoms with Crippen molar-refractivity contribution in [3.05, 3.63) is 83.7 Å². The zero-order valence-corrected chi connectivity index (χ0v) is 24.2. The van der Waals surface area contributed by atoms with Gasteiger partial charge in [-0.05, 0) is 35.6 Å². The Morgan fingerprint density at radius 1 is 1.16 bits per heavy atom. The Balaban J connectivity index is 0.000000216. The minimum atomic E-state index is -1.32. The maximum Gasteiger partial charge on any atom is 0.317 e. The van der Waals surface area contributed by atoms with Crippen molar-refractivity contribution >= 4 is 54.6 Å². The first-order valence-electron chi connectivity index (χ1n) is 12.4. The molecule has 1 amide bonds. The minimum Gasteiger partial charge on any atom is -0.543 e. The van der Waals surface area contributed by atoms with Crippen molar-refractivity contribution in [3.63, 3.8) is 0 Å². The fourth-order valence-corrected chi connectivity index (χ4v) is 7.70. The first-order chi connectivity index (χ1) is 18.3. The summed E-state index contributed by atoms with van der Waals surface area (Å²) >= 11 is 3.10. The standard InChI is InChI=1S/C16H21N3O4S2.C12H11P/c1-9(20)12-10-8-11(13(15(22)23)19(10)14(12)21)25-7-6-18-5-4-17(2)16(18)24-3;1-3-7-11(8-4-1)13-12-9-5-2-6-10-12/h4-5,9-10,12,20H,6-8H2,1-3H3;1-10,13H/t9-,10-,12-;/m1./s1. The number of aliphatic hydroxyl groups excluding tert-OH is 1. The molecule has 200 valence electrons. The number of hydrogen-bond acceptors (Lipinski definition) is 6. The summed E-state index contributed by atoms with van der Waals surface area (Å²) in [5.74, 6) is -1.46. The summed E-state index contributed by atoms with van der Waals surface area (Å²) in [5.41, 5.74) is -0.0138. The van der Waals surface area contributed by atoms with Gasteiger partial charge < -0.3 is 19.9 Å². The lowest BCUT2D eigenvalue weighted by Crippen LogP contribution is -2.62. The number of β-lactam (4-membered cyclic amide) rings is 1. The van der Waals surface area contributed by atoms with Gasteiger partial charge in [-0.1, -0.05) is 69.2 Å². The van der Waals surface area contributed by atoms with E-state index in [1.165, 1.54) is 27.3 Å². The van der Waals surface area contributed by atoms with Crippen LogP contribution >= 0.6 is 32.1 Å². The Morgan fingerprint density at radius 2 is 1.76 bits per heavy atom. The van der Waals surface area contributed by atoms with Gasteiger partial charge in [0.1, 0.15) is 18.9 Å². The maximum absolute atomic E-state index is 12.1. The van der Waals surface area contributed by atoms with Crippen LogP contribution in [-0.2, 0) is 23.2 Å². The Labute approximate surface area is 233 Å². The number of aryl methyl sites for hydroxylation is 2. The SMILES string of the molecule is CSc1n(CCSC2=C(C(=O)[O-])N3C(=O)[C@H]([C@@H](C)O)[C@H]3C2)cc[n+]1C.c1ccc(Pc2ccccc2)cc1. The molecule has 1 saturated heterocycles. The van der Waals surface area contributed by atoms with Gasteiger partial charge in [0.2, 0.25) is 5.91 Å². The van der Waals surface area contributed by atoms with Gasteiger partial charge in [0, 0.05) is 17.1 Å². The first-order valence-corrected chi connectivity index (χ1v) is 15.6. The number of carboxylic acids is 1. The fourth-order valence-electron chi connectivity index (χ4n) is 4.77. The summed E-state index contributed by atoms with van der Waals surface area (Å²) in [4.78, 5) is 25.6. The Bertz CT molecular complexity index is 1260. The quantitative estimate of drug-likeness (QED) is 0.183. The number of imidazole rings is 1. The highest BCUT2D eigenvalue weighted by atomic mass is 32.2. The van der Waals surface area contributed by atoms with Crippen molar-refractivity contribution in [1.29, 1.82) is 0 Å². The second kappa shape index (κ2) is 13.0. The van der Waals surface area contributed by atoms with Crippen LogP contribution in [0.15, 0.2) is 88.8 Å². The number of amides is 1. The van der Waals surface area contributed by atoms with Gasteiger partial charge in [-0.2, -0.15) is 0 Å². The number of aliphatic hydroxyl groups is 1. The molecule has 1 N–H and O–H groups in total. The summed E-state index contributed by atoms with van der Waals surface area (Å²) in [6.45, 7) is 2.31. The summed E-state index contributed by atoms with van der Waals surface area (Å²) in [6, 6.07) is 20.9. The number of fused-ring (bicyclic) bond motifs is 1. The van der Waals surface area contributed by atoms with Gasteiger partial charge in [-0.3, -0.25) is 4.79 Å². The summed E-state index contributed by atoms with van der Waals surface area (Å²) in [6.07, 6.45) is 5.69. The molecule has 0 radical (unpaired) electrons. The van der Waals surface area contributed by atoms with Crippen molar-refractivity contribution < 1.29 is 24.4 Å². The number of hydrogen-bond donors (Lipinski definition) is 1. The van der Waals surface area contributed by atoms with Crippen LogP contribution in [-0.4, -0.2) is 50.6 Å². The third-order valence-electron chi connectivity index (χ3n) is 6.53. The van der Waals surface area contributed by atoms with Crippen LogP contribution in [0.1, 0.15) is 13.3 Å². The Kier molecular flexibility index (Phi) is 9.71. The number of nitrogens with zero attached hydrogens (tertiary/aromatic N) is 3. The molecule has 7 nitrogen and oxygen atoms in total. The molecule has 2 aliphatic heterocycles. The van der Waals surface area contributed by atoms with Crippen molar-refractivity contribution in [3.8, 4) is 0 Å². The van der Waals surface area contributed by atoms with E-state index in [0.29, 0.717) is 17.1 Å². The van der Waals surface area contributed by atoms with E-state index in [-0.39, 0.29) is 17.6 Å². The number of carbonyl (C=O) groups excluding carboxylic acids is 2. The molecule has 10 heteroatoms. The number of benzene rings is 2. The highest BCUT2D eigenvalue weighted by Crippen LogP contribution is 2.46. The highest BCUT2D eigenvalue weighted by Gasteiger charge is 2.55. The van der Waals surface area contributed by atoms with Crippen molar-refractivity contribution in [2.45, 2.75) is 37.2 Å². The van der Waals surface area contributed by atoms with Crippen LogP contribution in [0.3, 0.4) is 0 Å². The average molecular weight is 570 g/mol. The molecule has 0 spiro atoms. The molecule has 2 aliphatic rings. The highest BCUT2D eigenvalue weighted by molar-refractivity contribution is 8.03. The largest absolute Gasteiger partial charge is 0.543 e. The second-order valence-corrected chi connectivity index (χ2v) is 12.5. The molecule has 38 heavy (non-hydrogen) atoms. The third-order valence-corrected chi connectivity index (χ3v) is 9.75. The number of rotatable bonds is 9. The lowest BCUT2D eigenvalue weighted by atomic mass is 9.83. The molecule has 3 aromatic rings. The predicted molar refractivity (Wildman–Crippen MR) is 153 cm³/mol. The van der Waals surface area contributed by atoms with E-state index < -0.39 is 18.0 Å². The number of aromatic nitrogens is 2. The molecular formula is C28H32N3O4PS2. The number of aliphatic carboxylic acids is 1.